The van der Waals surface area contributed by atoms with Crippen LogP contribution in [0.2, 0.25) is 0 Å². The zero-order valence-electron chi connectivity index (χ0n) is 11.7. The highest BCUT2D eigenvalue weighted by Gasteiger charge is 2.35. The van der Waals surface area contributed by atoms with Crippen molar-refractivity contribution in [2.24, 2.45) is 5.92 Å². The van der Waals surface area contributed by atoms with E-state index in [2.05, 4.69) is 16.3 Å². The van der Waals surface area contributed by atoms with Gasteiger partial charge < -0.3 is 10.4 Å². The molecule has 2 fully saturated rings. The maximum absolute atomic E-state index is 10.2. The lowest BCUT2D eigenvalue weighted by Gasteiger charge is -2.43. The van der Waals surface area contributed by atoms with Crippen LogP contribution in [0.25, 0.3) is 0 Å². The SMILES string of the molecule is N#Cc1ccc(O)c([C@@H](C2CCC2)N2CCNCC2)c1. The van der Waals surface area contributed by atoms with Crippen LogP contribution in [0.15, 0.2) is 18.2 Å². The van der Waals surface area contributed by atoms with Crippen LogP contribution in [0, 0.1) is 17.2 Å². The van der Waals surface area contributed by atoms with Crippen molar-refractivity contribution in [3.8, 4) is 11.8 Å². The first-order chi connectivity index (χ1) is 9.79. The number of nitriles is 1. The molecule has 0 bridgehead atoms. The molecule has 20 heavy (non-hydrogen) atoms. The molecule has 2 N–H and O–H groups in total. The van der Waals surface area contributed by atoms with Crippen molar-refractivity contribution in [2.75, 3.05) is 26.2 Å². The molecule has 1 aliphatic heterocycles. The van der Waals surface area contributed by atoms with Crippen LogP contribution in [-0.2, 0) is 0 Å². The van der Waals surface area contributed by atoms with Crippen LogP contribution < -0.4 is 5.32 Å². The third-order valence-corrected chi connectivity index (χ3v) is 4.62. The molecule has 3 rings (SSSR count). The molecule has 1 saturated carbocycles. The van der Waals surface area contributed by atoms with Gasteiger partial charge in [0.05, 0.1) is 11.6 Å². The third-order valence-electron chi connectivity index (χ3n) is 4.62. The van der Waals surface area contributed by atoms with Crippen molar-refractivity contribution in [1.29, 1.82) is 5.26 Å². The number of rotatable bonds is 3. The van der Waals surface area contributed by atoms with Gasteiger partial charge in [-0.1, -0.05) is 6.42 Å². The van der Waals surface area contributed by atoms with E-state index >= 15 is 0 Å². The first kappa shape index (κ1) is 13.4. The quantitative estimate of drug-likeness (QED) is 0.883. The summed E-state index contributed by atoms with van der Waals surface area (Å²) in [4.78, 5) is 2.47. The fourth-order valence-electron chi connectivity index (χ4n) is 3.33. The second-order valence-corrected chi connectivity index (χ2v) is 5.81. The molecule has 0 aromatic heterocycles. The van der Waals surface area contributed by atoms with Crippen LogP contribution in [0.3, 0.4) is 0 Å². The Morgan fingerprint density at radius 1 is 1.30 bits per heavy atom. The Hall–Kier alpha value is -1.57. The molecule has 4 heteroatoms. The predicted octanol–water partition coefficient (Wildman–Crippen LogP) is 2.01. The zero-order valence-corrected chi connectivity index (χ0v) is 11.7. The molecular formula is C16H21N3O. The topological polar surface area (TPSA) is 59.3 Å². The van der Waals surface area contributed by atoms with Crippen LogP contribution in [0.5, 0.6) is 5.75 Å². The number of hydrogen-bond acceptors (Lipinski definition) is 4. The van der Waals surface area contributed by atoms with Gasteiger partial charge in [0.25, 0.3) is 0 Å². The number of benzene rings is 1. The van der Waals surface area contributed by atoms with Gasteiger partial charge in [0, 0.05) is 37.8 Å². The van der Waals surface area contributed by atoms with Crippen molar-refractivity contribution in [3.63, 3.8) is 0 Å². The van der Waals surface area contributed by atoms with E-state index in [1.807, 2.05) is 6.07 Å². The monoisotopic (exact) mass is 271 g/mol. The smallest absolute Gasteiger partial charge is 0.120 e. The highest BCUT2D eigenvalue weighted by molar-refractivity contribution is 5.43. The molecule has 0 spiro atoms. The highest BCUT2D eigenvalue weighted by atomic mass is 16.3. The molecule has 1 saturated heterocycles. The summed E-state index contributed by atoms with van der Waals surface area (Å²) in [5.74, 6) is 0.951. The Morgan fingerprint density at radius 2 is 2.05 bits per heavy atom. The normalized spacial score (nSPS) is 21.9. The molecule has 1 aromatic carbocycles. The van der Waals surface area contributed by atoms with Crippen LogP contribution in [0.4, 0.5) is 0 Å². The summed E-state index contributed by atoms with van der Waals surface area (Å²) in [5, 5.41) is 22.7. The number of hydrogen-bond donors (Lipinski definition) is 2. The summed E-state index contributed by atoms with van der Waals surface area (Å²) in [6.07, 6.45) is 3.74. The molecule has 0 unspecified atom stereocenters. The van der Waals surface area contributed by atoms with Crippen molar-refractivity contribution < 1.29 is 5.11 Å². The van der Waals surface area contributed by atoms with Crippen molar-refractivity contribution in [1.82, 2.24) is 10.2 Å². The first-order valence-corrected chi connectivity index (χ1v) is 7.47. The van der Waals surface area contributed by atoms with Crippen molar-refractivity contribution in [2.45, 2.75) is 25.3 Å². The van der Waals surface area contributed by atoms with Gasteiger partial charge in [0.2, 0.25) is 0 Å². The largest absolute Gasteiger partial charge is 0.508 e. The van der Waals surface area contributed by atoms with E-state index in [1.165, 1.54) is 19.3 Å². The lowest BCUT2D eigenvalue weighted by Crippen LogP contribution is -2.47. The molecule has 0 amide bonds. The Kier molecular flexibility index (Phi) is 3.90. The van der Waals surface area contributed by atoms with Gasteiger partial charge in [0.15, 0.2) is 0 Å². The Bertz CT molecular complexity index is 513. The van der Waals surface area contributed by atoms with E-state index in [-0.39, 0.29) is 6.04 Å². The van der Waals surface area contributed by atoms with E-state index in [1.54, 1.807) is 12.1 Å². The second-order valence-electron chi connectivity index (χ2n) is 5.81. The average Bonchev–Trinajstić information content (AvgIpc) is 2.44. The molecule has 0 radical (unpaired) electrons. The minimum absolute atomic E-state index is 0.263. The van der Waals surface area contributed by atoms with Crippen LogP contribution >= 0.6 is 0 Å². The number of piperazine rings is 1. The Balaban J connectivity index is 1.93. The van der Waals surface area contributed by atoms with Gasteiger partial charge in [-0.2, -0.15) is 5.26 Å². The molecule has 4 nitrogen and oxygen atoms in total. The standard InChI is InChI=1S/C16H21N3O/c17-11-12-4-5-15(20)14(10-12)16(13-2-1-3-13)19-8-6-18-7-9-19/h4-5,10,13,16,18,20H,1-3,6-9H2/t16-/m1/s1. The van der Waals surface area contributed by atoms with Gasteiger partial charge in [-0.15, -0.1) is 0 Å². The molecule has 1 atom stereocenters. The maximum atomic E-state index is 10.2. The summed E-state index contributed by atoms with van der Waals surface area (Å²) in [7, 11) is 0. The fraction of sp³-hybridized carbons (Fsp3) is 0.562. The Labute approximate surface area is 120 Å². The summed E-state index contributed by atoms with van der Waals surface area (Å²) < 4.78 is 0. The summed E-state index contributed by atoms with van der Waals surface area (Å²) in [6, 6.07) is 7.68. The van der Waals surface area contributed by atoms with E-state index in [0.29, 0.717) is 17.2 Å². The lowest BCUT2D eigenvalue weighted by molar-refractivity contribution is 0.0819. The number of phenols is 1. The van der Waals surface area contributed by atoms with Gasteiger partial charge >= 0.3 is 0 Å². The highest BCUT2D eigenvalue weighted by Crippen LogP contribution is 2.44. The predicted molar refractivity (Wildman–Crippen MR) is 77.3 cm³/mol. The lowest BCUT2D eigenvalue weighted by atomic mass is 9.76. The molecule has 106 valence electrons. The number of nitrogens with one attached hydrogen (secondary N) is 1. The van der Waals surface area contributed by atoms with Crippen molar-refractivity contribution >= 4 is 0 Å². The number of aromatic hydroxyl groups is 1. The van der Waals surface area contributed by atoms with E-state index < -0.39 is 0 Å². The Morgan fingerprint density at radius 3 is 2.65 bits per heavy atom. The molecule has 2 aliphatic rings. The minimum Gasteiger partial charge on any atom is -0.508 e. The van der Waals surface area contributed by atoms with E-state index in [9.17, 15) is 5.11 Å². The maximum Gasteiger partial charge on any atom is 0.120 e. The molecule has 1 aromatic rings. The summed E-state index contributed by atoms with van der Waals surface area (Å²) >= 11 is 0. The fourth-order valence-corrected chi connectivity index (χ4v) is 3.33. The number of nitrogens with zero attached hydrogens (tertiary/aromatic N) is 2. The van der Waals surface area contributed by atoms with Gasteiger partial charge in [0.1, 0.15) is 5.75 Å². The first-order valence-electron chi connectivity index (χ1n) is 7.47. The summed E-state index contributed by atoms with van der Waals surface area (Å²) in [6.45, 7) is 4.03. The summed E-state index contributed by atoms with van der Waals surface area (Å²) in [5.41, 5.74) is 1.58. The minimum atomic E-state index is 0.263. The van der Waals surface area contributed by atoms with E-state index in [4.69, 9.17) is 5.26 Å². The average molecular weight is 271 g/mol. The van der Waals surface area contributed by atoms with Crippen LogP contribution in [0.1, 0.15) is 36.4 Å². The number of phenolic OH excluding ortho intramolecular Hbond substituents is 1. The second kappa shape index (κ2) is 5.82. The molecular weight excluding hydrogens is 250 g/mol. The molecule has 1 heterocycles. The van der Waals surface area contributed by atoms with Gasteiger partial charge in [-0.3, -0.25) is 4.90 Å². The van der Waals surface area contributed by atoms with Gasteiger partial charge in [-0.05, 0) is 37.0 Å². The van der Waals surface area contributed by atoms with Crippen molar-refractivity contribution in [3.05, 3.63) is 29.3 Å². The third kappa shape index (κ3) is 2.52. The van der Waals surface area contributed by atoms with Crippen LogP contribution in [-0.4, -0.2) is 36.2 Å². The van der Waals surface area contributed by atoms with Gasteiger partial charge in [-0.25, -0.2) is 0 Å². The molecule has 1 aliphatic carbocycles. The van der Waals surface area contributed by atoms with E-state index in [0.717, 1.165) is 31.7 Å². The zero-order chi connectivity index (χ0) is 13.9.